The smallest absolute Gasteiger partial charge is 0.272 e. The Morgan fingerprint density at radius 1 is 1.20 bits per heavy atom. The normalized spacial score (nSPS) is 16.2. The first kappa shape index (κ1) is 19.7. The zero-order valence-electron chi connectivity index (χ0n) is 14.4. The maximum absolute atomic E-state index is 12.6. The van der Waals surface area contributed by atoms with Crippen LogP contribution in [0.1, 0.15) is 13.3 Å². The summed E-state index contributed by atoms with van der Waals surface area (Å²) in [5.74, 6) is -0.320. The van der Waals surface area contributed by atoms with Crippen LogP contribution in [0, 0.1) is 0 Å². The first-order valence-electron chi connectivity index (χ1n) is 7.74. The van der Waals surface area contributed by atoms with E-state index in [1.807, 2.05) is 19.0 Å². The van der Waals surface area contributed by atoms with E-state index in [-0.39, 0.29) is 34.4 Å². The molecule has 2 rings (SSSR count). The van der Waals surface area contributed by atoms with Crippen molar-refractivity contribution in [2.24, 2.45) is 0 Å². The quantitative estimate of drug-likeness (QED) is 0.637. The average Bonchev–Trinajstić information content (AvgIpc) is 3.01. The summed E-state index contributed by atoms with van der Waals surface area (Å²) in [7, 11) is 0.0247. The molecule has 0 aromatic carbocycles. The Hall–Kier alpha value is -1.63. The summed E-state index contributed by atoms with van der Waals surface area (Å²) >= 11 is 0.810. The molecule has 10 nitrogen and oxygen atoms in total. The summed E-state index contributed by atoms with van der Waals surface area (Å²) in [5.41, 5.74) is 0. The van der Waals surface area contributed by atoms with E-state index in [1.165, 1.54) is 11.2 Å². The number of carbonyl (C=O) groups is 2. The highest BCUT2D eigenvalue weighted by atomic mass is 32.2. The van der Waals surface area contributed by atoms with E-state index in [9.17, 15) is 18.0 Å². The van der Waals surface area contributed by atoms with Crippen molar-refractivity contribution in [3.8, 4) is 0 Å². The van der Waals surface area contributed by atoms with E-state index >= 15 is 0 Å². The number of hydrogen-bond donors (Lipinski definition) is 1. The van der Waals surface area contributed by atoms with Crippen molar-refractivity contribution in [3.63, 3.8) is 0 Å². The number of anilines is 1. The molecule has 1 fully saturated rings. The highest BCUT2D eigenvalue weighted by Crippen LogP contribution is 2.24. The third-order valence-electron chi connectivity index (χ3n) is 3.61. The molecule has 0 atom stereocenters. The van der Waals surface area contributed by atoms with E-state index < -0.39 is 10.0 Å². The Kier molecular flexibility index (Phi) is 6.43. The van der Waals surface area contributed by atoms with Gasteiger partial charge in [-0.25, -0.2) is 8.42 Å². The molecule has 12 heteroatoms. The molecular weight excluding hydrogens is 368 g/mol. The molecule has 0 spiro atoms. The maximum Gasteiger partial charge on any atom is 0.272 e. The molecule has 1 aliphatic rings. The van der Waals surface area contributed by atoms with Crippen molar-refractivity contribution in [3.05, 3.63) is 0 Å². The van der Waals surface area contributed by atoms with Gasteiger partial charge in [-0.15, -0.1) is 10.2 Å². The van der Waals surface area contributed by atoms with Crippen LogP contribution < -0.4 is 5.32 Å². The van der Waals surface area contributed by atoms with Crippen LogP contribution in [-0.2, 0) is 19.6 Å². The van der Waals surface area contributed by atoms with E-state index in [0.717, 1.165) is 11.3 Å². The van der Waals surface area contributed by atoms with Gasteiger partial charge in [-0.1, -0.05) is 11.3 Å². The van der Waals surface area contributed by atoms with Crippen molar-refractivity contribution in [2.45, 2.75) is 17.7 Å². The number of nitrogens with one attached hydrogen (secondary N) is 1. The van der Waals surface area contributed by atoms with Crippen LogP contribution in [0.15, 0.2) is 4.34 Å². The number of rotatable bonds is 6. The van der Waals surface area contributed by atoms with Gasteiger partial charge >= 0.3 is 0 Å². The van der Waals surface area contributed by atoms with Gasteiger partial charge in [0.2, 0.25) is 21.3 Å². The van der Waals surface area contributed by atoms with Gasteiger partial charge < -0.3 is 15.1 Å². The minimum Gasteiger partial charge on any atom is -0.340 e. The summed E-state index contributed by atoms with van der Waals surface area (Å²) in [6.45, 7) is 3.10. The average molecular weight is 390 g/mol. The topological polar surface area (TPSA) is 116 Å². The van der Waals surface area contributed by atoms with Crippen molar-refractivity contribution in [1.29, 1.82) is 0 Å². The molecule has 0 radical (unpaired) electrons. The lowest BCUT2D eigenvalue weighted by Gasteiger charge is -2.33. The molecule has 0 unspecified atom stereocenters. The number of amides is 2. The molecule has 140 valence electrons. The van der Waals surface area contributed by atoms with Crippen LogP contribution in [0.2, 0.25) is 0 Å². The van der Waals surface area contributed by atoms with E-state index in [1.54, 1.807) is 4.90 Å². The zero-order chi connectivity index (χ0) is 18.6. The number of aromatic nitrogens is 2. The predicted octanol–water partition coefficient (Wildman–Crippen LogP) is -0.719. The largest absolute Gasteiger partial charge is 0.340 e. The number of carbonyl (C=O) groups excluding carboxylic acids is 2. The first-order valence-corrected chi connectivity index (χ1v) is 9.99. The summed E-state index contributed by atoms with van der Waals surface area (Å²) < 4.78 is 26.3. The fourth-order valence-electron chi connectivity index (χ4n) is 2.28. The van der Waals surface area contributed by atoms with E-state index in [4.69, 9.17) is 0 Å². The van der Waals surface area contributed by atoms with Crippen molar-refractivity contribution < 1.29 is 18.0 Å². The molecule has 1 N–H and O–H groups in total. The maximum atomic E-state index is 12.6. The second kappa shape index (κ2) is 8.17. The molecule has 1 aromatic rings. The van der Waals surface area contributed by atoms with Crippen molar-refractivity contribution >= 4 is 38.3 Å². The van der Waals surface area contributed by atoms with Gasteiger partial charge in [-0.2, -0.15) is 4.31 Å². The molecule has 1 aliphatic heterocycles. The lowest BCUT2D eigenvalue weighted by Crippen LogP contribution is -2.50. The molecule has 2 heterocycles. The Balaban J connectivity index is 1.95. The van der Waals surface area contributed by atoms with Gasteiger partial charge in [0.15, 0.2) is 0 Å². The molecule has 25 heavy (non-hydrogen) atoms. The predicted molar refractivity (Wildman–Crippen MR) is 92.7 cm³/mol. The van der Waals surface area contributed by atoms with Crippen LogP contribution in [-0.4, -0.2) is 91.4 Å². The minimum absolute atomic E-state index is 0.0228. The second-order valence-electron chi connectivity index (χ2n) is 5.89. The summed E-state index contributed by atoms with van der Waals surface area (Å²) in [4.78, 5) is 26.7. The van der Waals surface area contributed by atoms with Gasteiger partial charge in [0, 0.05) is 46.1 Å². The van der Waals surface area contributed by atoms with Gasteiger partial charge in [0.05, 0.1) is 0 Å². The monoisotopic (exact) mass is 390 g/mol. The fourth-order valence-corrected chi connectivity index (χ4v) is 4.79. The lowest BCUT2D eigenvalue weighted by molar-refractivity contribution is -0.132. The Bertz CT molecular complexity index is 725. The summed E-state index contributed by atoms with van der Waals surface area (Å²) in [5, 5.41) is 9.87. The van der Waals surface area contributed by atoms with Crippen molar-refractivity contribution in [2.75, 3.05) is 52.1 Å². The minimum atomic E-state index is -3.77. The Labute approximate surface area is 150 Å². The SMILES string of the molecule is CC(=O)Nc1nnc(S(=O)(=O)N2CCN(C(=O)CCN(C)C)CC2)s1. The molecule has 1 aromatic heterocycles. The Morgan fingerprint density at radius 2 is 1.84 bits per heavy atom. The third-order valence-corrected chi connectivity index (χ3v) is 6.70. The lowest BCUT2D eigenvalue weighted by atomic mass is 10.3. The van der Waals surface area contributed by atoms with Gasteiger partial charge in [-0.3, -0.25) is 9.59 Å². The van der Waals surface area contributed by atoms with E-state index in [2.05, 4.69) is 15.5 Å². The van der Waals surface area contributed by atoms with Gasteiger partial charge in [0.1, 0.15) is 0 Å². The first-order chi connectivity index (χ1) is 11.7. The van der Waals surface area contributed by atoms with Crippen LogP contribution in [0.5, 0.6) is 0 Å². The highest BCUT2D eigenvalue weighted by Gasteiger charge is 2.32. The van der Waals surface area contributed by atoms with E-state index in [0.29, 0.717) is 26.1 Å². The number of nitrogens with zero attached hydrogens (tertiary/aromatic N) is 5. The molecule has 0 aliphatic carbocycles. The van der Waals surface area contributed by atoms with Crippen LogP contribution in [0.25, 0.3) is 0 Å². The van der Waals surface area contributed by atoms with Gasteiger partial charge in [-0.05, 0) is 14.1 Å². The molecule has 2 amide bonds. The third kappa shape index (κ3) is 5.17. The number of hydrogen-bond acceptors (Lipinski definition) is 8. The highest BCUT2D eigenvalue weighted by molar-refractivity contribution is 7.91. The second-order valence-corrected chi connectivity index (χ2v) is 8.98. The molecule has 0 bridgehead atoms. The molecular formula is C13H22N6O4S2. The standard InChI is InChI=1S/C13H22N6O4S2/c1-10(20)14-12-15-16-13(24-12)25(22,23)19-8-6-18(7-9-19)11(21)4-5-17(2)3/h4-9H2,1-3H3,(H,14,15,20). The van der Waals surface area contributed by atoms with Crippen LogP contribution >= 0.6 is 11.3 Å². The molecule has 0 saturated carbocycles. The molecule has 1 saturated heterocycles. The zero-order valence-corrected chi connectivity index (χ0v) is 16.1. The summed E-state index contributed by atoms with van der Waals surface area (Å²) in [6, 6.07) is 0. The van der Waals surface area contributed by atoms with Crippen LogP contribution in [0.3, 0.4) is 0 Å². The van der Waals surface area contributed by atoms with Gasteiger partial charge in [0.25, 0.3) is 10.0 Å². The van der Waals surface area contributed by atoms with Crippen LogP contribution in [0.4, 0.5) is 5.13 Å². The number of sulfonamides is 1. The number of piperazine rings is 1. The fraction of sp³-hybridized carbons (Fsp3) is 0.692. The van der Waals surface area contributed by atoms with Crippen molar-refractivity contribution in [1.82, 2.24) is 24.3 Å². The Morgan fingerprint density at radius 3 is 2.40 bits per heavy atom. The summed E-state index contributed by atoms with van der Waals surface area (Å²) in [6.07, 6.45) is 0.413.